The Balaban J connectivity index is 0.000000570. The van der Waals surface area contributed by atoms with E-state index in [1.807, 2.05) is 152 Å². The summed E-state index contributed by atoms with van der Waals surface area (Å²) in [6, 6.07) is 47.5. The van der Waals surface area contributed by atoms with E-state index in [1.54, 1.807) is 28.1 Å². The molecule has 12 atom stereocenters. The van der Waals surface area contributed by atoms with Crippen molar-refractivity contribution in [2.24, 2.45) is 23.2 Å². The van der Waals surface area contributed by atoms with Crippen LogP contribution in [-0.4, -0.2) is 103 Å². The number of hydrogen-bond acceptors (Lipinski definition) is 15. The second-order valence-electron chi connectivity index (χ2n) is 22.0. The molecule has 0 spiro atoms. The number of carbonyl (C=O) groups excluding carboxylic acids is 1. The van der Waals surface area contributed by atoms with Gasteiger partial charge in [0.2, 0.25) is 11.6 Å². The smallest absolute Gasteiger partial charge is 0.445 e. The van der Waals surface area contributed by atoms with Gasteiger partial charge >= 0.3 is 22.6 Å². The molecular formula is C62H82NO15PSi. The van der Waals surface area contributed by atoms with E-state index in [-0.39, 0.29) is 56.2 Å². The highest BCUT2D eigenvalue weighted by Gasteiger charge is 2.64. The van der Waals surface area contributed by atoms with E-state index >= 15 is 0 Å². The summed E-state index contributed by atoms with van der Waals surface area (Å²) in [5, 5.41) is 4.64. The third kappa shape index (κ3) is 17.4. The summed E-state index contributed by atoms with van der Waals surface area (Å²) in [7, 11) is -2.82. The number of ether oxygens (including phenoxy) is 9. The Kier molecular flexibility index (Phi) is 23.1. The largest absolute Gasteiger partial charge is 0.475 e. The molecule has 6 unspecified atom stereocenters. The third-order valence-electron chi connectivity index (χ3n) is 15.0. The summed E-state index contributed by atoms with van der Waals surface area (Å²) in [6.45, 7) is 16.8. The first-order valence-corrected chi connectivity index (χ1v) is 30.4. The van der Waals surface area contributed by atoms with Crippen molar-refractivity contribution in [3.63, 3.8) is 0 Å². The molecule has 0 aromatic heterocycles. The van der Waals surface area contributed by atoms with Gasteiger partial charge in [0.15, 0.2) is 12.6 Å². The second kappa shape index (κ2) is 29.4. The van der Waals surface area contributed by atoms with Crippen LogP contribution in [0.5, 0.6) is 0 Å². The number of hydrogen-bond donors (Lipinski definition) is 1. The van der Waals surface area contributed by atoms with Crippen LogP contribution in [0.3, 0.4) is 0 Å². The molecule has 0 radical (unpaired) electrons. The van der Waals surface area contributed by atoms with Crippen LogP contribution in [0, 0.1) is 23.2 Å². The lowest BCUT2D eigenvalue weighted by atomic mass is 9.79. The number of carbonyl (C=O) groups is 1. The van der Waals surface area contributed by atoms with Crippen LogP contribution in [0.4, 0.5) is 4.79 Å². The van der Waals surface area contributed by atoms with Gasteiger partial charge in [0.1, 0.15) is 24.9 Å². The molecule has 0 aliphatic carbocycles. The molecule has 3 heterocycles. The molecule has 3 aliphatic rings. The Hall–Kier alpha value is -4.82. The molecule has 3 aliphatic heterocycles. The summed E-state index contributed by atoms with van der Waals surface area (Å²) in [4.78, 5) is 12.5. The first-order valence-electron chi connectivity index (χ1n) is 27.6. The van der Waals surface area contributed by atoms with Gasteiger partial charge in [-0.2, -0.15) is 0 Å². The van der Waals surface area contributed by atoms with Gasteiger partial charge in [0, 0.05) is 37.1 Å². The van der Waals surface area contributed by atoms with Crippen molar-refractivity contribution < 1.29 is 70.0 Å². The van der Waals surface area contributed by atoms with Crippen LogP contribution >= 0.6 is 7.82 Å². The van der Waals surface area contributed by atoms with Gasteiger partial charge < -0.3 is 52.4 Å². The SMILES string of the molecule is COC1(C)O[C@@H]2C(CC(C)(C)C)O[C@H](OCCCNC(=O)OCc3ccccc3)C(O[C@H]3OC(COP(=O)(OCc4ccccc4)OCc4ccccc4)[C@@H](C)[C@H](C)C3C)[C@H]2OC1(C)OC.O=[Si](c1ccccc1)c1ccccc1. The molecule has 0 bridgehead atoms. The van der Waals surface area contributed by atoms with E-state index < -0.39 is 77.3 Å². The standard InChI is InChI=1S/C50H72NO14P.C12H10OSi/c1-34-35(2)41(33-60-66(53,58-31-38-23-16-12-17-24-38)59-32-39-25-18-13-19-26-39)62-45(36(34)3)63-44-43-42(64-49(7,54-9)50(8,55-10)65-43)40(29-48(4,5)6)61-46(44)56-28-20-27-51-47(52)57-30-37-21-14-11-15-22-37;13-14(11-7-3-1-4-8-11)12-9-5-2-6-10-12/h11-19,21-26,34-36,40-46H,20,27-33H2,1-10H3,(H,51,52);1-10H/t34-,35-,36?,40?,41?,42+,43-,44?,45+,46-,49?,50?;/m0./s1. The fourth-order valence-electron chi connectivity index (χ4n) is 9.70. The predicted molar refractivity (Wildman–Crippen MR) is 304 cm³/mol. The van der Waals surface area contributed by atoms with E-state index in [2.05, 4.69) is 46.9 Å². The van der Waals surface area contributed by atoms with Crippen molar-refractivity contribution in [1.82, 2.24) is 5.32 Å². The number of phosphoric ester groups is 1. The quantitative estimate of drug-likeness (QED) is 0.0371. The van der Waals surface area contributed by atoms with Gasteiger partial charge in [-0.1, -0.05) is 193 Å². The molecule has 3 saturated heterocycles. The maximum Gasteiger partial charge on any atom is 0.475 e. The summed E-state index contributed by atoms with van der Waals surface area (Å²) in [5.41, 5.74) is 2.35. The number of rotatable bonds is 23. The molecule has 5 aromatic rings. The van der Waals surface area contributed by atoms with Gasteiger partial charge in [-0.3, -0.25) is 13.6 Å². The molecule has 80 heavy (non-hydrogen) atoms. The van der Waals surface area contributed by atoms with Crippen molar-refractivity contribution >= 4 is 33.0 Å². The topological polar surface area (TPSA) is 174 Å². The van der Waals surface area contributed by atoms with E-state index in [0.717, 1.165) is 27.1 Å². The average molecular weight is 1140 g/mol. The van der Waals surface area contributed by atoms with Crippen molar-refractivity contribution in [3.05, 3.63) is 168 Å². The second-order valence-corrected chi connectivity index (χ2v) is 25.5. The van der Waals surface area contributed by atoms with Gasteiger partial charge in [0.25, 0.3) is 0 Å². The fourth-order valence-corrected chi connectivity index (χ4v) is 12.2. The Labute approximate surface area is 474 Å². The zero-order chi connectivity index (χ0) is 57.3. The van der Waals surface area contributed by atoms with Crippen LogP contribution in [-0.2, 0) is 85.1 Å². The van der Waals surface area contributed by atoms with Crippen LogP contribution in [0.25, 0.3) is 0 Å². The molecule has 0 saturated carbocycles. The number of benzene rings is 5. The predicted octanol–water partition coefficient (Wildman–Crippen LogP) is 10.8. The lowest BCUT2D eigenvalue weighted by Crippen LogP contribution is -2.73. The number of fused-ring (bicyclic) bond motifs is 1. The third-order valence-corrected chi connectivity index (χ3v) is 18.1. The number of alkyl carbamates (subject to hydrolysis) is 1. The molecule has 16 nitrogen and oxygen atoms in total. The Morgan fingerprint density at radius 1 is 0.613 bits per heavy atom. The maximum absolute atomic E-state index is 14.4. The van der Waals surface area contributed by atoms with Crippen molar-refractivity contribution in [3.8, 4) is 0 Å². The minimum absolute atomic E-state index is 0.0218. The van der Waals surface area contributed by atoms with Gasteiger partial charge in [-0.25, -0.2) is 9.36 Å². The lowest BCUT2D eigenvalue weighted by molar-refractivity contribution is -0.486. The van der Waals surface area contributed by atoms with Crippen LogP contribution in [0.15, 0.2) is 152 Å². The highest BCUT2D eigenvalue weighted by molar-refractivity contribution is 7.48. The van der Waals surface area contributed by atoms with Crippen molar-refractivity contribution in [2.45, 2.75) is 143 Å². The molecule has 3 fully saturated rings. The molecular weight excluding hydrogens is 1060 g/mol. The average Bonchev–Trinajstić information content (AvgIpc) is 3.49. The van der Waals surface area contributed by atoms with Crippen LogP contribution in [0.2, 0.25) is 0 Å². The zero-order valence-corrected chi connectivity index (χ0v) is 49.8. The first kappa shape index (κ1) is 62.8. The molecule has 1 N–H and O–H groups in total. The lowest BCUT2D eigenvalue weighted by Gasteiger charge is -2.58. The summed E-state index contributed by atoms with van der Waals surface area (Å²) >= 11 is 0. The molecule has 434 valence electrons. The van der Waals surface area contributed by atoms with E-state index in [9.17, 15) is 13.8 Å². The monoisotopic (exact) mass is 1140 g/mol. The number of nitrogens with one attached hydrogen (secondary N) is 1. The van der Waals surface area contributed by atoms with E-state index in [4.69, 9.17) is 56.2 Å². The normalized spacial score (nSPS) is 27.7. The van der Waals surface area contributed by atoms with E-state index in [0.29, 0.717) is 19.4 Å². The van der Waals surface area contributed by atoms with Gasteiger partial charge in [-0.05, 0) is 60.6 Å². The first-order chi connectivity index (χ1) is 38.3. The molecule has 1 amide bonds. The fraction of sp³-hybridized carbons (Fsp3) is 0.500. The number of phosphoric acid groups is 1. The minimum atomic E-state index is -4.12. The van der Waals surface area contributed by atoms with Crippen molar-refractivity contribution in [1.29, 1.82) is 0 Å². The Morgan fingerprint density at radius 3 is 1.56 bits per heavy atom. The van der Waals surface area contributed by atoms with Crippen molar-refractivity contribution in [2.75, 3.05) is 34.0 Å². The highest BCUT2D eigenvalue weighted by Crippen LogP contribution is 2.52. The van der Waals surface area contributed by atoms with Crippen LogP contribution < -0.4 is 15.7 Å². The molecule has 5 aromatic carbocycles. The molecule has 18 heteroatoms. The minimum Gasteiger partial charge on any atom is -0.445 e. The zero-order valence-electron chi connectivity index (χ0n) is 47.9. The Bertz CT molecular complexity index is 2600. The maximum atomic E-state index is 14.4. The summed E-state index contributed by atoms with van der Waals surface area (Å²) in [6.07, 6.45) is -4.73. The molecule has 8 rings (SSSR count). The number of methoxy groups -OCH3 is 2. The summed E-state index contributed by atoms with van der Waals surface area (Å²) in [5.74, 6) is -2.82. The van der Waals surface area contributed by atoms with Crippen LogP contribution in [0.1, 0.15) is 84.9 Å². The Morgan fingerprint density at radius 2 is 1.07 bits per heavy atom. The van der Waals surface area contributed by atoms with E-state index in [1.165, 1.54) is 0 Å². The highest BCUT2D eigenvalue weighted by atomic mass is 31.2. The van der Waals surface area contributed by atoms with Gasteiger partial charge in [0.05, 0.1) is 38.6 Å². The summed E-state index contributed by atoms with van der Waals surface area (Å²) < 4.78 is 103. The van der Waals surface area contributed by atoms with Gasteiger partial charge in [-0.15, -0.1) is 0 Å². The number of amides is 1.